The van der Waals surface area contributed by atoms with Crippen molar-refractivity contribution in [1.29, 1.82) is 0 Å². The topological polar surface area (TPSA) is 46.2 Å². The summed E-state index contributed by atoms with van der Waals surface area (Å²) in [6.45, 7) is 0. The molecular weight excluding hydrogens is 346 g/mol. The molecule has 8 heteroatoms. The van der Waals surface area contributed by atoms with Crippen LogP contribution in [0.4, 0.5) is 13.2 Å². The third-order valence-electron chi connectivity index (χ3n) is 2.00. The van der Waals surface area contributed by atoms with Crippen molar-refractivity contribution in [2.24, 2.45) is 5.73 Å². The third-order valence-corrected chi connectivity index (χ3v) is 2.92. The summed E-state index contributed by atoms with van der Waals surface area (Å²) in [7, 11) is 0. The van der Waals surface area contributed by atoms with Gasteiger partial charge in [0.05, 0.1) is 6.04 Å². The van der Waals surface area contributed by atoms with Gasteiger partial charge in [0.1, 0.15) is 0 Å². The zero-order valence-electron chi connectivity index (χ0n) is 8.21. The van der Waals surface area contributed by atoms with E-state index in [1.54, 1.807) is 0 Å². The van der Waals surface area contributed by atoms with Gasteiger partial charge >= 0.3 is 6.18 Å². The van der Waals surface area contributed by atoms with E-state index >= 15 is 0 Å². The van der Waals surface area contributed by atoms with Crippen LogP contribution in [-0.4, -0.2) is 17.4 Å². The lowest BCUT2D eigenvalue weighted by Gasteiger charge is -2.22. The zero-order valence-corrected chi connectivity index (χ0v) is 11.4. The SMILES string of the molecule is Cl.N[C@@H](c1ccc(Cl)cc1Br)[C@H](O)C(F)(F)F. The summed E-state index contributed by atoms with van der Waals surface area (Å²) in [4.78, 5) is 0. The Labute approximate surface area is 115 Å². The van der Waals surface area contributed by atoms with Crippen LogP contribution in [0.25, 0.3) is 0 Å². The van der Waals surface area contributed by atoms with Crippen molar-refractivity contribution in [1.82, 2.24) is 0 Å². The molecule has 0 saturated carbocycles. The number of hydrogen-bond donors (Lipinski definition) is 2. The van der Waals surface area contributed by atoms with Gasteiger partial charge in [-0.2, -0.15) is 13.2 Å². The molecular formula is C9H9BrCl2F3NO. The molecule has 0 aromatic heterocycles. The number of hydrogen-bond acceptors (Lipinski definition) is 2. The highest BCUT2D eigenvalue weighted by molar-refractivity contribution is 9.10. The highest BCUT2D eigenvalue weighted by Crippen LogP contribution is 2.33. The fourth-order valence-electron chi connectivity index (χ4n) is 1.15. The van der Waals surface area contributed by atoms with Gasteiger partial charge in [0, 0.05) is 9.50 Å². The summed E-state index contributed by atoms with van der Waals surface area (Å²) < 4.78 is 37.0. The maximum atomic E-state index is 12.2. The second-order valence-corrected chi connectivity index (χ2v) is 4.47. The summed E-state index contributed by atoms with van der Waals surface area (Å²) in [6, 6.07) is 2.61. The first-order chi connectivity index (χ1) is 7.23. The van der Waals surface area contributed by atoms with Crippen molar-refractivity contribution >= 4 is 39.9 Å². The van der Waals surface area contributed by atoms with Gasteiger partial charge in [-0.25, -0.2) is 0 Å². The fraction of sp³-hybridized carbons (Fsp3) is 0.333. The Morgan fingerprint density at radius 3 is 2.29 bits per heavy atom. The van der Waals surface area contributed by atoms with Crippen molar-refractivity contribution < 1.29 is 18.3 Å². The van der Waals surface area contributed by atoms with Crippen LogP contribution >= 0.6 is 39.9 Å². The largest absolute Gasteiger partial charge is 0.416 e. The minimum Gasteiger partial charge on any atom is -0.382 e. The first-order valence-electron chi connectivity index (χ1n) is 4.19. The lowest BCUT2D eigenvalue weighted by atomic mass is 10.0. The predicted octanol–water partition coefficient (Wildman–Crippen LogP) is 3.45. The minimum absolute atomic E-state index is 0. The summed E-state index contributed by atoms with van der Waals surface area (Å²) in [5.41, 5.74) is 5.48. The van der Waals surface area contributed by atoms with Crippen molar-refractivity contribution in [3.05, 3.63) is 33.3 Å². The molecule has 0 aliphatic rings. The molecule has 0 bridgehead atoms. The molecule has 1 aromatic carbocycles. The Hall–Kier alpha value is -0.0100. The molecule has 0 radical (unpaired) electrons. The molecule has 0 unspecified atom stereocenters. The average Bonchev–Trinajstić information content (AvgIpc) is 2.14. The second-order valence-electron chi connectivity index (χ2n) is 3.18. The maximum absolute atomic E-state index is 12.2. The van der Waals surface area contributed by atoms with E-state index in [4.69, 9.17) is 22.4 Å². The number of aliphatic hydroxyl groups excluding tert-OH is 1. The Morgan fingerprint density at radius 2 is 1.88 bits per heavy atom. The number of alkyl halides is 3. The standard InChI is InChI=1S/C9H8BrClF3NO.ClH/c10-6-3-4(11)1-2-5(6)7(15)8(16)9(12,13)14;/h1-3,7-8,16H,15H2;1H/t7-,8-;/m0./s1. The smallest absolute Gasteiger partial charge is 0.382 e. The van der Waals surface area contributed by atoms with Gasteiger partial charge in [-0.15, -0.1) is 12.4 Å². The second kappa shape index (κ2) is 6.24. The molecule has 0 heterocycles. The summed E-state index contributed by atoms with van der Waals surface area (Å²) in [6.07, 6.45) is -7.36. The summed E-state index contributed by atoms with van der Waals surface area (Å²) in [5, 5.41) is 9.36. The lowest BCUT2D eigenvalue weighted by molar-refractivity contribution is -0.210. The highest BCUT2D eigenvalue weighted by atomic mass is 79.9. The molecule has 2 nitrogen and oxygen atoms in total. The average molecular weight is 355 g/mol. The first-order valence-corrected chi connectivity index (χ1v) is 5.36. The van der Waals surface area contributed by atoms with Gasteiger partial charge in [-0.1, -0.05) is 33.6 Å². The van der Waals surface area contributed by atoms with E-state index in [0.717, 1.165) is 0 Å². The number of aliphatic hydroxyl groups is 1. The molecule has 0 aliphatic carbocycles. The van der Waals surface area contributed by atoms with Crippen LogP contribution in [-0.2, 0) is 0 Å². The van der Waals surface area contributed by atoms with E-state index in [9.17, 15) is 13.2 Å². The number of rotatable bonds is 2. The van der Waals surface area contributed by atoms with Gasteiger partial charge in [-0.05, 0) is 17.7 Å². The molecule has 98 valence electrons. The van der Waals surface area contributed by atoms with Crippen LogP contribution in [0.5, 0.6) is 0 Å². The van der Waals surface area contributed by atoms with Gasteiger partial charge in [0.2, 0.25) is 0 Å². The molecule has 17 heavy (non-hydrogen) atoms. The Bertz CT molecular complexity index is 389. The van der Waals surface area contributed by atoms with E-state index in [1.807, 2.05) is 0 Å². The van der Waals surface area contributed by atoms with Gasteiger partial charge in [0.15, 0.2) is 6.10 Å². The molecule has 0 saturated heterocycles. The van der Waals surface area contributed by atoms with E-state index in [2.05, 4.69) is 15.9 Å². The normalized spacial score (nSPS) is 15.0. The maximum Gasteiger partial charge on any atom is 0.416 e. The number of halogens is 6. The Kier molecular flexibility index (Phi) is 6.24. The van der Waals surface area contributed by atoms with E-state index in [1.165, 1.54) is 18.2 Å². The highest BCUT2D eigenvalue weighted by Gasteiger charge is 2.43. The molecule has 0 aliphatic heterocycles. The Morgan fingerprint density at radius 1 is 1.35 bits per heavy atom. The molecule has 3 N–H and O–H groups in total. The van der Waals surface area contributed by atoms with Gasteiger partial charge < -0.3 is 10.8 Å². The molecule has 0 fully saturated rings. The number of nitrogens with two attached hydrogens (primary N) is 1. The zero-order chi connectivity index (χ0) is 12.5. The van der Waals surface area contributed by atoms with Crippen LogP contribution in [0.2, 0.25) is 5.02 Å². The van der Waals surface area contributed by atoms with Gasteiger partial charge in [0.25, 0.3) is 0 Å². The van der Waals surface area contributed by atoms with E-state index in [-0.39, 0.29) is 18.0 Å². The van der Waals surface area contributed by atoms with Crippen LogP contribution in [0.3, 0.4) is 0 Å². The van der Waals surface area contributed by atoms with E-state index in [0.29, 0.717) is 9.50 Å². The molecule has 1 rings (SSSR count). The lowest BCUT2D eigenvalue weighted by Crippen LogP contribution is -2.39. The third kappa shape index (κ3) is 4.30. The van der Waals surface area contributed by atoms with Crippen molar-refractivity contribution in [3.63, 3.8) is 0 Å². The van der Waals surface area contributed by atoms with Crippen molar-refractivity contribution in [3.8, 4) is 0 Å². The molecule has 0 spiro atoms. The van der Waals surface area contributed by atoms with Gasteiger partial charge in [-0.3, -0.25) is 0 Å². The Balaban J connectivity index is 0.00000256. The summed E-state index contributed by atoms with van der Waals surface area (Å²) in [5.74, 6) is 0. The van der Waals surface area contributed by atoms with Crippen LogP contribution < -0.4 is 5.73 Å². The van der Waals surface area contributed by atoms with Crippen LogP contribution in [0, 0.1) is 0 Å². The molecule has 1 aromatic rings. The summed E-state index contributed by atoms with van der Waals surface area (Å²) >= 11 is 8.68. The van der Waals surface area contributed by atoms with Crippen molar-refractivity contribution in [2.45, 2.75) is 18.3 Å². The minimum atomic E-state index is -4.75. The first kappa shape index (κ1) is 17.0. The predicted molar refractivity (Wildman–Crippen MR) is 65.4 cm³/mol. The monoisotopic (exact) mass is 353 g/mol. The van der Waals surface area contributed by atoms with Crippen molar-refractivity contribution in [2.75, 3.05) is 0 Å². The fourth-order valence-corrected chi connectivity index (χ4v) is 2.09. The van der Waals surface area contributed by atoms with Crippen LogP contribution in [0.1, 0.15) is 11.6 Å². The quantitative estimate of drug-likeness (QED) is 0.854. The van der Waals surface area contributed by atoms with E-state index < -0.39 is 18.3 Å². The molecule has 0 amide bonds. The molecule has 2 atom stereocenters. The number of benzene rings is 1. The van der Waals surface area contributed by atoms with Crippen LogP contribution in [0.15, 0.2) is 22.7 Å².